The van der Waals surface area contributed by atoms with Crippen molar-refractivity contribution in [3.63, 3.8) is 0 Å². The number of fused-ring (bicyclic) bond motifs is 1. The zero-order valence-corrected chi connectivity index (χ0v) is 8.96. The molecule has 0 radical (unpaired) electrons. The first-order chi connectivity index (χ1) is 7.45. The number of nitrogens with one attached hydrogen (secondary N) is 1. The van der Waals surface area contributed by atoms with Crippen molar-refractivity contribution in [1.82, 2.24) is 5.32 Å². The fourth-order valence-electron chi connectivity index (χ4n) is 2.68. The molecule has 0 bridgehead atoms. The zero-order chi connectivity index (χ0) is 10.1. The SMILES string of the molecule is c1cc2c(c(C3CCCNC3)c1)OCC2. The molecule has 1 atom stereocenters. The van der Waals surface area contributed by atoms with E-state index in [0.717, 1.165) is 19.6 Å². The van der Waals surface area contributed by atoms with Crippen molar-refractivity contribution in [2.75, 3.05) is 19.7 Å². The summed E-state index contributed by atoms with van der Waals surface area (Å²) in [6.07, 6.45) is 3.67. The van der Waals surface area contributed by atoms with E-state index >= 15 is 0 Å². The van der Waals surface area contributed by atoms with Crippen molar-refractivity contribution in [3.05, 3.63) is 29.3 Å². The molecule has 2 aliphatic heterocycles. The fraction of sp³-hybridized carbons (Fsp3) is 0.538. The van der Waals surface area contributed by atoms with Gasteiger partial charge in [0.15, 0.2) is 0 Å². The van der Waals surface area contributed by atoms with Crippen LogP contribution in [0.3, 0.4) is 0 Å². The van der Waals surface area contributed by atoms with Gasteiger partial charge in [0.1, 0.15) is 5.75 Å². The Morgan fingerprint density at radius 2 is 2.33 bits per heavy atom. The van der Waals surface area contributed by atoms with Gasteiger partial charge < -0.3 is 10.1 Å². The highest BCUT2D eigenvalue weighted by atomic mass is 16.5. The van der Waals surface area contributed by atoms with Crippen LogP contribution in [0.2, 0.25) is 0 Å². The Hall–Kier alpha value is -1.02. The predicted octanol–water partition coefficient (Wildman–Crippen LogP) is 2.09. The molecule has 0 aromatic heterocycles. The molecular weight excluding hydrogens is 186 g/mol. The minimum Gasteiger partial charge on any atom is -0.493 e. The topological polar surface area (TPSA) is 21.3 Å². The van der Waals surface area contributed by atoms with Crippen LogP contribution in [0.25, 0.3) is 0 Å². The molecule has 1 saturated heterocycles. The van der Waals surface area contributed by atoms with Gasteiger partial charge in [0, 0.05) is 18.9 Å². The molecule has 2 heterocycles. The third-order valence-electron chi connectivity index (χ3n) is 3.48. The van der Waals surface area contributed by atoms with Crippen molar-refractivity contribution in [1.29, 1.82) is 0 Å². The Morgan fingerprint density at radius 1 is 1.33 bits per heavy atom. The van der Waals surface area contributed by atoms with Crippen LogP contribution in [-0.2, 0) is 6.42 Å². The summed E-state index contributed by atoms with van der Waals surface area (Å²) in [5.74, 6) is 1.85. The van der Waals surface area contributed by atoms with Crippen LogP contribution in [0.5, 0.6) is 5.75 Å². The monoisotopic (exact) mass is 203 g/mol. The van der Waals surface area contributed by atoms with E-state index in [1.165, 1.54) is 36.3 Å². The Morgan fingerprint density at radius 3 is 3.20 bits per heavy atom. The molecule has 0 amide bonds. The zero-order valence-electron chi connectivity index (χ0n) is 8.96. The normalized spacial score (nSPS) is 24.7. The van der Waals surface area contributed by atoms with Gasteiger partial charge in [-0.15, -0.1) is 0 Å². The lowest BCUT2D eigenvalue weighted by Gasteiger charge is -2.24. The van der Waals surface area contributed by atoms with E-state index in [1.54, 1.807) is 0 Å². The van der Waals surface area contributed by atoms with Gasteiger partial charge in [-0.3, -0.25) is 0 Å². The second kappa shape index (κ2) is 3.86. The van der Waals surface area contributed by atoms with E-state index in [4.69, 9.17) is 4.74 Å². The number of hydrogen-bond acceptors (Lipinski definition) is 2. The standard InChI is InChI=1S/C13H17NO/c1-3-10-6-8-15-13(10)12(5-1)11-4-2-7-14-9-11/h1,3,5,11,14H,2,4,6-9H2. The predicted molar refractivity (Wildman–Crippen MR) is 60.5 cm³/mol. The molecule has 80 valence electrons. The molecule has 2 aliphatic rings. The van der Waals surface area contributed by atoms with Crippen LogP contribution in [0.4, 0.5) is 0 Å². The fourth-order valence-corrected chi connectivity index (χ4v) is 2.68. The van der Waals surface area contributed by atoms with Crippen LogP contribution in [-0.4, -0.2) is 19.7 Å². The van der Waals surface area contributed by atoms with Crippen molar-refractivity contribution < 1.29 is 4.74 Å². The molecule has 0 saturated carbocycles. The summed E-state index contributed by atoms with van der Waals surface area (Å²) >= 11 is 0. The molecule has 1 aromatic carbocycles. The van der Waals surface area contributed by atoms with Crippen LogP contribution < -0.4 is 10.1 Å². The van der Waals surface area contributed by atoms with Gasteiger partial charge in [0.05, 0.1) is 6.61 Å². The van der Waals surface area contributed by atoms with Crippen LogP contribution in [0, 0.1) is 0 Å². The number of hydrogen-bond donors (Lipinski definition) is 1. The lowest BCUT2D eigenvalue weighted by atomic mass is 9.90. The highest BCUT2D eigenvalue weighted by Crippen LogP contribution is 2.36. The molecule has 15 heavy (non-hydrogen) atoms. The maximum absolute atomic E-state index is 5.76. The van der Waals surface area contributed by atoms with Gasteiger partial charge in [0.25, 0.3) is 0 Å². The van der Waals surface area contributed by atoms with Gasteiger partial charge in [-0.2, -0.15) is 0 Å². The van der Waals surface area contributed by atoms with E-state index in [2.05, 4.69) is 23.5 Å². The molecule has 1 fully saturated rings. The van der Waals surface area contributed by atoms with Gasteiger partial charge in [0.2, 0.25) is 0 Å². The first-order valence-electron chi connectivity index (χ1n) is 5.90. The van der Waals surface area contributed by atoms with E-state index in [-0.39, 0.29) is 0 Å². The molecule has 2 nitrogen and oxygen atoms in total. The van der Waals surface area contributed by atoms with E-state index in [9.17, 15) is 0 Å². The number of ether oxygens (including phenoxy) is 1. The van der Waals surface area contributed by atoms with Crippen LogP contribution >= 0.6 is 0 Å². The first-order valence-corrected chi connectivity index (χ1v) is 5.90. The lowest BCUT2D eigenvalue weighted by molar-refractivity contribution is 0.346. The molecule has 1 N–H and O–H groups in total. The van der Waals surface area contributed by atoms with Gasteiger partial charge in [-0.25, -0.2) is 0 Å². The van der Waals surface area contributed by atoms with Crippen molar-refractivity contribution in [2.24, 2.45) is 0 Å². The summed E-state index contributed by atoms with van der Waals surface area (Å²) in [5.41, 5.74) is 2.83. The molecule has 1 unspecified atom stereocenters. The quantitative estimate of drug-likeness (QED) is 0.754. The summed E-state index contributed by atoms with van der Waals surface area (Å²) < 4.78 is 5.76. The van der Waals surface area contributed by atoms with Crippen molar-refractivity contribution >= 4 is 0 Å². The van der Waals surface area contributed by atoms with Crippen molar-refractivity contribution in [2.45, 2.75) is 25.2 Å². The maximum atomic E-state index is 5.76. The summed E-state index contributed by atoms with van der Waals surface area (Å²) in [6, 6.07) is 6.61. The third kappa shape index (κ3) is 1.63. The number of rotatable bonds is 1. The summed E-state index contributed by atoms with van der Waals surface area (Å²) in [4.78, 5) is 0. The smallest absolute Gasteiger partial charge is 0.126 e. The highest BCUT2D eigenvalue weighted by molar-refractivity contribution is 5.46. The molecular formula is C13H17NO. The second-order valence-corrected chi connectivity index (χ2v) is 4.48. The average molecular weight is 203 g/mol. The molecule has 0 spiro atoms. The molecule has 1 aromatic rings. The van der Waals surface area contributed by atoms with Gasteiger partial charge in [-0.1, -0.05) is 18.2 Å². The largest absolute Gasteiger partial charge is 0.493 e. The first kappa shape index (κ1) is 9.22. The third-order valence-corrected chi connectivity index (χ3v) is 3.48. The Bertz CT molecular complexity index is 356. The average Bonchev–Trinajstić information content (AvgIpc) is 2.78. The summed E-state index contributed by atoms with van der Waals surface area (Å²) in [6.45, 7) is 3.15. The maximum Gasteiger partial charge on any atom is 0.126 e. The minimum atomic E-state index is 0.659. The Kier molecular flexibility index (Phi) is 2.37. The number of benzene rings is 1. The second-order valence-electron chi connectivity index (χ2n) is 4.48. The molecule has 3 rings (SSSR count). The minimum absolute atomic E-state index is 0.659. The summed E-state index contributed by atoms with van der Waals surface area (Å²) in [5, 5.41) is 3.47. The van der Waals surface area contributed by atoms with E-state index < -0.39 is 0 Å². The van der Waals surface area contributed by atoms with Crippen LogP contribution in [0.15, 0.2) is 18.2 Å². The molecule has 0 aliphatic carbocycles. The Balaban J connectivity index is 1.93. The lowest BCUT2D eigenvalue weighted by Crippen LogP contribution is -2.28. The van der Waals surface area contributed by atoms with E-state index in [0.29, 0.717) is 5.92 Å². The van der Waals surface area contributed by atoms with E-state index in [1.807, 2.05) is 0 Å². The number of piperidine rings is 1. The molecule has 2 heteroatoms. The summed E-state index contributed by atoms with van der Waals surface area (Å²) in [7, 11) is 0. The van der Waals surface area contributed by atoms with Crippen molar-refractivity contribution in [3.8, 4) is 5.75 Å². The Labute approximate surface area is 90.6 Å². The van der Waals surface area contributed by atoms with Gasteiger partial charge >= 0.3 is 0 Å². The van der Waals surface area contributed by atoms with Gasteiger partial charge in [-0.05, 0) is 30.5 Å². The van der Waals surface area contributed by atoms with Crippen LogP contribution in [0.1, 0.15) is 29.9 Å². The number of para-hydroxylation sites is 1. The highest BCUT2D eigenvalue weighted by Gasteiger charge is 2.23.